The Morgan fingerprint density at radius 1 is 1.28 bits per heavy atom. The lowest BCUT2D eigenvalue weighted by Crippen LogP contribution is -2.45. The molecule has 3 atom stereocenters. The van der Waals surface area contributed by atoms with Gasteiger partial charge in [0.05, 0.1) is 0 Å². The lowest BCUT2D eigenvalue weighted by molar-refractivity contribution is -0.247. The smallest absolute Gasteiger partial charge is 0.325 e. The molecule has 6 heteroatoms. The molecule has 1 saturated heterocycles. The topological polar surface area (TPSA) is 41.6 Å². The fraction of sp³-hybridized carbons (Fsp3) is 0.577. The van der Waals surface area contributed by atoms with Gasteiger partial charge in [0.1, 0.15) is 11.8 Å². The van der Waals surface area contributed by atoms with Crippen molar-refractivity contribution in [3.05, 3.63) is 53.3 Å². The molecule has 1 aromatic rings. The number of carbonyl (C=O) groups excluding carboxylic acids is 1. The summed E-state index contributed by atoms with van der Waals surface area (Å²) in [6.07, 6.45) is 9.30. The highest BCUT2D eigenvalue weighted by atomic mass is 19.3. The Labute approximate surface area is 189 Å². The van der Waals surface area contributed by atoms with E-state index in [0.717, 1.165) is 24.9 Å². The van der Waals surface area contributed by atoms with Gasteiger partial charge in [0.2, 0.25) is 5.91 Å². The number of alkyl halides is 2. The van der Waals surface area contributed by atoms with Gasteiger partial charge in [-0.15, -0.1) is 0 Å². The molecule has 1 N–H and O–H groups in total. The first kappa shape index (κ1) is 23.0. The average Bonchev–Trinajstić information content (AvgIpc) is 2.87. The molecule has 0 radical (unpaired) electrons. The van der Waals surface area contributed by atoms with Crippen LogP contribution in [0.2, 0.25) is 0 Å². The van der Waals surface area contributed by atoms with Crippen LogP contribution in [0.15, 0.2) is 42.2 Å². The highest BCUT2D eigenvalue weighted by Gasteiger charge is 2.41. The predicted octanol–water partition coefficient (Wildman–Crippen LogP) is 6.51. The van der Waals surface area contributed by atoms with Gasteiger partial charge in [-0.1, -0.05) is 57.0 Å². The van der Waals surface area contributed by atoms with Gasteiger partial charge < -0.3 is 10.2 Å². The van der Waals surface area contributed by atoms with E-state index < -0.39 is 18.5 Å². The largest absolute Gasteiger partial charge is 0.404 e. The Kier molecular flexibility index (Phi) is 6.44. The Balaban J connectivity index is 1.61. The van der Waals surface area contributed by atoms with Gasteiger partial charge in [0, 0.05) is 11.6 Å². The number of nitrogens with zero attached hydrogens (tertiary/aromatic N) is 1. The molecule has 1 aromatic carbocycles. The van der Waals surface area contributed by atoms with Crippen LogP contribution in [0.1, 0.15) is 76.8 Å². The Hall–Kier alpha value is -2.21. The minimum Gasteiger partial charge on any atom is -0.404 e. The molecule has 1 heterocycles. The molecule has 1 aliphatic heterocycles. The number of hydrogen-bond donors (Lipinski definition) is 1. The van der Waals surface area contributed by atoms with Crippen molar-refractivity contribution in [3.8, 4) is 0 Å². The number of anilines is 1. The number of amides is 1. The SMILES string of the molecule is CC(C)CC1CC(C)(C)c2cccc(NC(=O)C3CCC4CC=CC=C4ON3C(F)F)c21. The number of allylic oxidation sites excluding steroid dienone is 4. The normalized spacial score (nSPS) is 26.9. The van der Waals surface area contributed by atoms with Gasteiger partial charge in [0.15, 0.2) is 0 Å². The first-order chi connectivity index (χ1) is 15.2. The highest BCUT2D eigenvalue weighted by molar-refractivity contribution is 5.96. The van der Waals surface area contributed by atoms with E-state index in [1.165, 1.54) is 11.1 Å². The minimum absolute atomic E-state index is 0.0191. The van der Waals surface area contributed by atoms with E-state index in [1.54, 1.807) is 6.08 Å². The number of halogens is 2. The maximum Gasteiger partial charge on any atom is 0.325 e. The molecule has 0 bridgehead atoms. The minimum atomic E-state index is -2.88. The van der Waals surface area contributed by atoms with Crippen molar-refractivity contribution in [3.63, 3.8) is 0 Å². The van der Waals surface area contributed by atoms with Crippen LogP contribution in [0.5, 0.6) is 0 Å². The van der Waals surface area contributed by atoms with Crippen LogP contribution < -0.4 is 5.32 Å². The van der Waals surface area contributed by atoms with Crippen molar-refractivity contribution in [2.75, 3.05) is 5.32 Å². The fourth-order valence-corrected chi connectivity index (χ4v) is 5.64. The molecule has 32 heavy (non-hydrogen) atoms. The van der Waals surface area contributed by atoms with Crippen molar-refractivity contribution in [1.82, 2.24) is 5.06 Å². The van der Waals surface area contributed by atoms with E-state index in [1.807, 2.05) is 24.3 Å². The first-order valence-corrected chi connectivity index (χ1v) is 11.7. The van der Waals surface area contributed by atoms with Crippen molar-refractivity contribution >= 4 is 11.6 Å². The Bertz CT molecular complexity index is 922. The van der Waals surface area contributed by atoms with Crippen LogP contribution in [-0.2, 0) is 15.0 Å². The number of fused-ring (bicyclic) bond motifs is 2. The number of hydroxylamine groups is 2. The summed E-state index contributed by atoms with van der Waals surface area (Å²) in [5.74, 6) is 0.991. The number of nitrogens with one attached hydrogen (secondary N) is 1. The molecule has 174 valence electrons. The number of rotatable bonds is 5. The quantitative estimate of drug-likeness (QED) is 0.526. The van der Waals surface area contributed by atoms with Crippen molar-refractivity contribution in [1.29, 1.82) is 0 Å². The van der Waals surface area contributed by atoms with Gasteiger partial charge in [0.25, 0.3) is 0 Å². The summed E-state index contributed by atoms with van der Waals surface area (Å²) in [4.78, 5) is 18.9. The zero-order chi connectivity index (χ0) is 23.0. The maximum atomic E-state index is 13.9. The molecule has 0 spiro atoms. The third-order valence-electron chi connectivity index (χ3n) is 7.04. The Morgan fingerprint density at radius 3 is 2.78 bits per heavy atom. The molecular formula is C26H34F2N2O2. The van der Waals surface area contributed by atoms with E-state index in [4.69, 9.17) is 4.84 Å². The van der Waals surface area contributed by atoms with Crippen molar-refractivity contribution in [2.45, 2.75) is 83.7 Å². The molecule has 1 amide bonds. The van der Waals surface area contributed by atoms with Gasteiger partial charge in [-0.2, -0.15) is 8.78 Å². The van der Waals surface area contributed by atoms with Crippen LogP contribution in [0.4, 0.5) is 14.5 Å². The zero-order valence-electron chi connectivity index (χ0n) is 19.4. The van der Waals surface area contributed by atoms with Crippen LogP contribution in [0.25, 0.3) is 0 Å². The average molecular weight is 445 g/mol. The van der Waals surface area contributed by atoms with E-state index in [2.05, 4.69) is 39.1 Å². The third kappa shape index (κ3) is 4.47. The standard InChI is InChI=1S/C26H34F2N2O2/c1-16(2)14-18-15-26(3,4)19-9-7-10-20(23(18)19)29-24(31)21-13-12-17-8-5-6-11-22(17)32-30(21)25(27)28/h5-7,9-11,16-18,21,25H,8,12-15H2,1-4H3,(H,29,31). The van der Waals surface area contributed by atoms with Crippen LogP contribution in [0.3, 0.4) is 0 Å². The molecular weight excluding hydrogens is 410 g/mol. The Morgan fingerprint density at radius 2 is 2.06 bits per heavy atom. The molecule has 4 rings (SSSR count). The second-order valence-electron chi connectivity index (χ2n) is 10.4. The van der Waals surface area contributed by atoms with Crippen LogP contribution >= 0.6 is 0 Å². The third-order valence-corrected chi connectivity index (χ3v) is 7.04. The van der Waals surface area contributed by atoms with Gasteiger partial charge in [-0.05, 0) is 72.6 Å². The summed E-state index contributed by atoms with van der Waals surface area (Å²) in [5, 5.41) is 3.60. The van der Waals surface area contributed by atoms with Gasteiger partial charge in [-0.3, -0.25) is 4.79 Å². The van der Waals surface area contributed by atoms with E-state index in [-0.39, 0.29) is 11.3 Å². The fourth-order valence-electron chi connectivity index (χ4n) is 5.64. The lowest BCUT2D eigenvalue weighted by atomic mass is 9.85. The van der Waals surface area contributed by atoms with E-state index in [0.29, 0.717) is 35.5 Å². The van der Waals surface area contributed by atoms with E-state index >= 15 is 0 Å². The molecule has 3 aliphatic rings. The van der Waals surface area contributed by atoms with Crippen LogP contribution in [-0.4, -0.2) is 23.6 Å². The maximum absolute atomic E-state index is 13.9. The monoisotopic (exact) mass is 444 g/mol. The number of hydrogen-bond acceptors (Lipinski definition) is 3. The summed E-state index contributed by atoms with van der Waals surface area (Å²) in [6.45, 7) is 6.00. The summed E-state index contributed by atoms with van der Waals surface area (Å²) >= 11 is 0. The predicted molar refractivity (Wildman–Crippen MR) is 122 cm³/mol. The van der Waals surface area contributed by atoms with E-state index in [9.17, 15) is 13.6 Å². The summed E-state index contributed by atoms with van der Waals surface area (Å²) < 4.78 is 27.8. The highest BCUT2D eigenvalue weighted by Crippen LogP contribution is 2.51. The summed E-state index contributed by atoms with van der Waals surface area (Å²) in [6, 6.07) is 4.95. The number of benzene rings is 1. The van der Waals surface area contributed by atoms with Crippen molar-refractivity contribution in [2.24, 2.45) is 11.8 Å². The summed E-state index contributed by atoms with van der Waals surface area (Å²) in [7, 11) is 0. The van der Waals surface area contributed by atoms with Gasteiger partial charge in [-0.25, -0.2) is 0 Å². The summed E-state index contributed by atoms with van der Waals surface area (Å²) in [5.41, 5.74) is 3.18. The molecule has 0 saturated carbocycles. The van der Waals surface area contributed by atoms with Gasteiger partial charge >= 0.3 is 6.55 Å². The second kappa shape index (κ2) is 8.97. The van der Waals surface area contributed by atoms with Crippen LogP contribution in [0, 0.1) is 11.8 Å². The molecule has 4 nitrogen and oxygen atoms in total. The van der Waals surface area contributed by atoms with Crippen molar-refractivity contribution < 1.29 is 18.4 Å². The molecule has 3 unspecified atom stereocenters. The number of carbonyl (C=O) groups is 1. The first-order valence-electron chi connectivity index (χ1n) is 11.7. The molecule has 2 aliphatic carbocycles. The second-order valence-corrected chi connectivity index (χ2v) is 10.4. The molecule has 0 aromatic heterocycles. The lowest BCUT2D eigenvalue weighted by Gasteiger charge is -2.28. The zero-order valence-corrected chi connectivity index (χ0v) is 19.4. The molecule has 1 fully saturated rings.